The molecule has 7 heteroatoms. The minimum Gasteiger partial charge on any atom is -0.355 e. The number of likely N-dealkylation sites (tertiary alicyclic amines) is 1. The van der Waals surface area contributed by atoms with Gasteiger partial charge in [-0.1, -0.05) is 23.7 Å². The number of pyridine rings is 1. The van der Waals surface area contributed by atoms with Crippen molar-refractivity contribution >= 4 is 29.1 Å². The van der Waals surface area contributed by atoms with Crippen LogP contribution in [0.3, 0.4) is 0 Å². The topological polar surface area (TPSA) is 60.5 Å². The first kappa shape index (κ1) is 20.0. The first-order chi connectivity index (χ1) is 14.1. The molecule has 29 heavy (non-hydrogen) atoms. The number of urea groups is 1. The maximum atomic E-state index is 12.6. The fraction of sp³-hybridized carbons (Fsp3) is 0.455. The number of hydrogen-bond donors (Lipinski definition) is 2. The molecule has 0 spiro atoms. The molecule has 1 aromatic heterocycles. The van der Waals surface area contributed by atoms with E-state index in [2.05, 4.69) is 32.7 Å². The molecular formula is C22H28ClN5O. The first-order valence-electron chi connectivity index (χ1n) is 10.3. The number of piperidine rings is 1. The minimum atomic E-state index is -0.0504. The van der Waals surface area contributed by atoms with Crippen molar-refractivity contribution in [3.05, 3.63) is 53.2 Å². The average Bonchev–Trinajstić information content (AvgIpc) is 3.24. The maximum Gasteiger partial charge on any atom is 0.321 e. The number of anilines is 2. The van der Waals surface area contributed by atoms with Gasteiger partial charge in [0.05, 0.1) is 11.9 Å². The van der Waals surface area contributed by atoms with Gasteiger partial charge in [0.25, 0.3) is 0 Å². The summed E-state index contributed by atoms with van der Waals surface area (Å²) in [5.74, 6) is 1.45. The molecule has 2 saturated heterocycles. The van der Waals surface area contributed by atoms with Gasteiger partial charge in [-0.3, -0.25) is 0 Å². The number of nitrogens with zero attached hydrogens (tertiary/aromatic N) is 3. The highest BCUT2D eigenvalue weighted by molar-refractivity contribution is 6.30. The van der Waals surface area contributed by atoms with E-state index in [4.69, 9.17) is 11.6 Å². The Balaban J connectivity index is 1.28. The summed E-state index contributed by atoms with van der Waals surface area (Å²) in [6, 6.07) is 12.5. The molecule has 2 aromatic rings. The number of carbonyl (C=O) groups is 1. The second-order valence-corrected chi connectivity index (χ2v) is 8.30. The third kappa shape index (κ3) is 4.82. The molecule has 0 radical (unpaired) electrons. The number of hydrogen-bond acceptors (Lipinski definition) is 4. The predicted octanol–water partition coefficient (Wildman–Crippen LogP) is 3.94. The summed E-state index contributed by atoms with van der Waals surface area (Å²) in [4.78, 5) is 21.3. The van der Waals surface area contributed by atoms with Crippen LogP contribution in [-0.4, -0.2) is 55.2 Å². The van der Waals surface area contributed by atoms with Crippen LogP contribution in [0.5, 0.6) is 0 Å². The molecule has 6 nitrogen and oxygen atoms in total. The Hall–Kier alpha value is -2.31. The highest BCUT2D eigenvalue weighted by Gasteiger charge is 2.24. The number of benzene rings is 1. The van der Waals surface area contributed by atoms with Crippen molar-refractivity contribution in [3.8, 4) is 0 Å². The molecule has 0 saturated carbocycles. The highest BCUT2D eigenvalue weighted by atomic mass is 35.5. The van der Waals surface area contributed by atoms with E-state index in [1.165, 1.54) is 5.56 Å². The standard InChI is InChI=1S/C22H28ClN5O/c1-24-20-10-13-28(15-20)21-7-6-19(14-25-21)26-22(29)27-11-8-17(9-12-27)16-2-4-18(23)5-3-16/h2-7,14,17,20,24H,8-13,15H2,1H3,(H,26,29)/t20-/m1/s1. The number of rotatable bonds is 4. The lowest BCUT2D eigenvalue weighted by atomic mass is 9.89. The highest BCUT2D eigenvalue weighted by Crippen LogP contribution is 2.29. The van der Waals surface area contributed by atoms with Crippen molar-refractivity contribution in [2.45, 2.75) is 31.2 Å². The average molecular weight is 414 g/mol. The third-order valence-corrected chi connectivity index (χ3v) is 6.30. The van der Waals surface area contributed by atoms with Gasteiger partial charge in [0.2, 0.25) is 0 Å². The van der Waals surface area contributed by atoms with Crippen molar-refractivity contribution in [1.82, 2.24) is 15.2 Å². The lowest BCUT2D eigenvalue weighted by Gasteiger charge is -2.32. The van der Waals surface area contributed by atoms with Gasteiger partial charge < -0.3 is 20.4 Å². The number of halogens is 1. The molecule has 2 amide bonds. The van der Waals surface area contributed by atoms with Gasteiger partial charge in [-0.15, -0.1) is 0 Å². The van der Waals surface area contributed by atoms with Gasteiger partial charge in [-0.05, 0) is 62.1 Å². The van der Waals surface area contributed by atoms with Crippen molar-refractivity contribution in [1.29, 1.82) is 0 Å². The summed E-state index contributed by atoms with van der Waals surface area (Å²) in [7, 11) is 2.00. The lowest BCUT2D eigenvalue weighted by Crippen LogP contribution is -2.40. The zero-order chi connectivity index (χ0) is 20.2. The van der Waals surface area contributed by atoms with E-state index in [0.29, 0.717) is 12.0 Å². The number of aromatic nitrogens is 1. The predicted molar refractivity (Wildman–Crippen MR) is 118 cm³/mol. The van der Waals surface area contributed by atoms with Crippen LogP contribution in [0.4, 0.5) is 16.3 Å². The van der Waals surface area contributed by atoms with E-state index in [-0.39, 0.29) is 6.03 Å². The fourth-order valence-corrected chi connectivity index (χ4v) is 4.33. The van der Waals surface area contributed by atoms with E-state index in [0.717, 1.165) is 62.0 Å². The van der Waals surface area contributed by atoms with Crippen LogP contribution < -0.4 is 15.5 Å². The number of amides is 2. The van der Waals surface area contributed by atoms with Gasteiger partial charge in [0.15, 0.2) is 0 Å². The Morgan fingerprint density at radius 3 is 2.45 bits per heavy atom. The monoisotopic (exact) mass is 413 g/mol. The fourth-order valence-electron chi connectivity index (χ4n) is 4.20. The van der Waals surface area contributed by atoms with Gasteiger partial charge in [-0.2, -0.15) is 0 Å². The van der Waals surface area contributed by atoms with Crippen LogP contribution in [0.1, 0.15) is 30.7 Å². The van der Waals surface area contributed by atoms with E-state index < -0.39 is 0 Å². The maximum absolute atomic E-state index is 12.6. The van der Waals surface area contributed by atoms with Crippen molar-refractivity contribution in [3.63, 3.8) is 0 Å². The molecule has 4 rings (SSSR count). The summed E-state index contributed by atoms with van der Waals surface area (Å²) in [5, 5.41) is 7.06. The van der Waals surface area contributed by atoms with Gasteiger partial charge in [0, 0.05) is 37.2 Å². The summed E-state index contributed by atoms with van der Waals surface area (Å²) in [5.41, 5.74) is 2.04. The van der Waals surface area contributed by atoms with E-state index in [1.807, 2.05) is 36.2 Å². The minimum absolute atomic E-state index is 0.0504. The summed E-state index contributed by atoms with van der Waals surface area (Å²) >= 11 is 5.98. The molecule has 1 atom stereocenters. The molecule has 2 fully saturated rings. The molecule has 154 valence electrons. The van der Waals surface area contributed by atoms with Crippen LogP contribution >= 0.6 is 11.6 Å². The van der Waals surface area contributed by atoms with Crippen molar-refractivity contribution in [2.75, 3.05) is 43.4 Å². The molecule has 2 aliphatic heterocycles. The number of carbonyl (C=O) groups excluding carboxylic acids is 1. The number of likely N-dealkylation sites (N-methyl/N-ethyl adjacent to an activating group) is 1. The van der Waals surface area contributed by atoms with Gasteiger partial charge in [0.1, 0.15) is 5.82 Å². The van der Waals surface area contributed by atoms with Crippen LogP contribution in [0.2, 0.25) is 5.02 Å². The lowest BCUT2D eigenvalue weighted by molar-refractivity contribution is 0.194. The largest absolute Gasteiger partial charge is 0.355 e. The second-order valence-electron chi connectivity index (χ2n) is 7.87. The molecule has 0 unspecified atom stereocenters. The molecule has 3 heterocycles. The van der Waals surface area contributed by atoms with Crippen LogP contribution in [0.15, 0.2) is 42.6 Å². The van der Waals surface area contributed by atoms with Crippen LogP contribution in [-0.2, 0) is 0 Å². The van der Waals surface area contributed by atoms with E-state index in [9.17, 15) is 4.79 Å². The molecule has 1 aromatic carbocycles. The van der Waals surface area contributed by atoms with Gasteiger partial charge in [-0.25, -0.2) is 9.78 Å². The van der Waals surface area contributed by atoms with E-state index >= 15 is 0 Å². The Kier molecular flexibility index (Phi) is 6.21. The Morgan fingerprint density at radius 2 is 1.83 bits per heavy atom. The van der Waals surface area contributed by atoms with Crippen molar-refractivity contribution in [2.24, 2.45) is 0 Å². The third-order valence-electron chi connectivity index (χ3n) is 6.04. The summed E-state index contributed by atoms with van der Waals surface area (Å²) < 4.78 is 0. The van der Waals surface area contributed by atoms with Crippen molar-refractivity contribution < 1.29 is 4.79 Å². The SMILES string of the molecule is CN[C@@H]1CCN(c2ccc(NC(=O)N3CCC(c4ccc(Cl)cc4)CC3)cn2)C1. The van der Waals surface area contributed by atoms with Crippen LogP contribution in [0.25, 0.3) is 0 Å². The van der Waals surface area contributed by atoms with E-state index in [1.54, 1.807) is 6.20 Å². The molecular weight excluding hydrogens is 386 g/mol. The molecule has 0 bridgehead atoms. The normalized spacial score (nSPS) is 20.1. The second kappa shape index (κ2) is 9.01. The van der Waals surface area contributed by atoms with Crippen LogP contribution in [0, 0.1) is 0 Å². The molecule has 0 aliphatic carbocycles. The zero-order valence-corrected chi connectivity index (χ0v) is 17.5. The van der Waals surface area contributed by atoms with Gasteiger partial charge >= 0.3 is 6.03 Å². The Morgan fingerprint density at radius 1 is 1.07 bits per heavy atom. The summed E-state index contributed by atoms with van der Waals surface area (Å²) in [6.07, 6.45) is 4.81. The Bertz CT molecular complexity index is 818. The summed E-state index contributed by atoms with van der Waals surface area (Å²) in [6.45, 7) is 3.48. The quantitative estimate of drug-likeness (QED) is 0.796. The zero-order valence-electron chi connectivity index (χ0n) is 16.8. The first-order valence-corrected chi connectivity index (χ1v) is 10.7. The Labute approximate surface area is 177 Å². The molecule has 2 N–H and O–H groups in total. The molecule has 2 aliphatic rings. The smallest absolute Gasteiger partial charge is 0.321 e. The number of nitrogens with one attached hydrogen (secondary N) is 2.